The van der Waals surface area contributed by atoms with Gasteiger partial charge in [0.1, 0.15) is 0 Å². The summed E-state index contributed by atoms with van der Waals surface area (Å²) in [6.45, 7) is 69.3. The van der Waals surface area contributed by atoms with Crippen LogP contribution in [0.5, 0.6) is 0 Å². The molecule has 0 radical (unpaired) electrons. The maximum atomic E-state index is 4.74. The quantitative estimate of drug-likeness (QED) is 0.0283. The molecule has 2 aliphatic heterocycles. The minimum absolute atomic E-state index is 0.0720. The van der Waals surface area contributed by atoms with Crippen LogP contribution < -0.4 is 32.0 Å². The summed E-state index contributed by atoms with van der Waals surface area (Å²) in [6, 6.07) is 36.4. The second kappa shape index (κ2) is 42.0. The van der Waals surface area contributed by atoms with Crippen LogP contribution in [0.25, 0.3) is 30.2 Å². The Kier molecular flexibility index (Phi) is 33.9. The van der Waals surface area contributed by atoms with Crippen molar-refractivity contribution in [3.63, 3.8) is 0 Å². The summed E-state index contributed by atoms with van der Waals surface area (Å²) in [4.78, 5) is 14.3. The number of nitrogens with one attached hydrogen (secondary N) is 4. The van der Waals surface area contributed by atoms with Crippen LogP contribution in [0.2, 0.25) is 0 Å². The highest BCUT2D eigenvalue weighted by Crippen LogP contribution is 2.38. The Morgan fingerprint density at radius 3 is 1.43 bits per heavy atom. The second-order valence-electron chi connectivity index (χ2n) is 30.1. The first kappa shape index (κ1) is 82.2. The average Bonchev–Trinajstić information content (AvgIpc) is 1.62. The number of likely N-dealkylation sites (tertiary alicyclic amines) is 2. The van der Waals surface area contributed by atoms with Gasteiger partial charge in [-0.25, -0.2) is 0 Å². The molecule has 0 spiro atoms. The third-order valence-electron chi connectivity index (χ3n) is 21.7. The minimum Gasteiger partial charge on any atom is -0.382 e. The van der Waals surface area contributed by atoms with Gasteiger partial charge < -0.3 is 45.4 Å². The lowest BCUT2D eigenvalue weighted by Gasteiger charge is -2.41. The Morgan fingerprint density at radius 2 is 0.951 bits per heavy atom. The fourth-order valence-corrected chi connectivity index (χ4v) is 17.2. The number of anilines is 1. The Hall–Kier alpha value is -7.08. The Morgan fingerprint density at radius 1 is 0.480 bits per heavy atom. The first-order valence-electron chi connectivity index (χ1n) is 39.1. The standard InChI is InChI=1S/C91H133N9S2/c1-21-67(8)89(80(22-2)23-3)97(20)71(12)64-93-73(14)88(66(6)7)96(19)70(11)41-42-79-43-51-83(52-44-79)94-69(10)63-92-72(13)87(65(4)5)95-68(9)39-33-29-27-25-24-26-28-30-34-40-78-45-53-84(54-46-78)100-76(17)90(101-85-55-47-81(48-56-85)74(15)98-59-35-31-36-60-98)91(77(100)18)102-86-57-49-82(50-58-86)75(16)99-61-37-32-38-62-99/h43-58,65-67,80,87-89,92-95H,9-18,21-42,59-64H2,1-8,19-20H3. The molecule has 0 saturated carbocycles. The van der Waals surface area contributed by atoms with Crippen LogP contribution >= 0.6 is 23.5 Å². The molecule has 7 rings (SSSR count). The fourth-order valence-electron chi connectivity index (χ4n) is 15.1. The van der Waals surface area contributed by atoms with Crippen molar-refractivity contribution < 1.29 is 0 Å². The van der Waals surface area contributed by atoms with Gasteiger partial charge in [-0.05, 0) is 172 Å². The summed E-state index contributed by atoms with van der Waals surface area (Å²) in [7, 11) is 4.39. The van der Waals surface area contributed by atoms with Gasteiger partial charge in [0.05, 0.1) is 45.7 Å². The van der Waals surface area contributed by atoms with Crippen molar-refractivity contribution in [1.29, 1.82) is 0 Å². The molecule has 3 heterocycles. The molecule has 0 amide bonds. The number of nitrogens with zero attached hydrogens (tertiary/aromatic N) is 5. The van der Waals surface area contributed by atoms with Crippen molar-refractivity contribution in [2.24, 2.45) is 23.7 Å². The molecule has 1 aromatic heterocycles. The summed E-state index contributed by atoms with van der Waals surface area (Å²) < 4.78 is 2.26. The van der Waals surface area contributed by atoms with Crippen molar-refractivity contribution in [2.75, 3.05) is 58.7 Å². The van der Waals surface area contributed by atoms with Gasteiger partial charge in [0.2, 0.25) is 0 Å². The highest BCUT2D eigenvalue weighted by Gasteiger charge is 2.30. The van der Waals surface area contributed by atoms with E-state index in [9.17, 15) is 0 Å². The SMILES string of the molecule is C=C(CNC(=C)C(NC(=C)CCCCCCCCCCCc1ccc(-n2c(=C)c(Sc3ccc(C(=C)N4CCCCC4)cc3)c(Sc3ccc(C(=C)N4CCCCC4)cc3)c2=C)cc1)C(C)C)Nc1ccc(CCC(=C)N(C)C(C(=C)NCC(=C)N(C)C(C(C)CC)C(CC)CC)C(C)C)cc1. The lowest BCUT2D eigenvalue weighted by atomic mass is 9.83. The zero-order valence-corrected chi connectivity index (χ0v) is 66.8. The second-order valence-corrected chi connectivity index (χ2v) is 32.3. The Balaban J connectivity index is 0.775. The average molecular weight is 1420 g/mol. The molecular formula is C91H133N9S2. The van der Waals surface area contributed by atoms with Gasteiger partial charge in [0, 0.05) is 113 Å². The van der Waals surface area contributed by atoms with Crippen molar-refractivity contribution >= 4 is 53.8 Å². The van der Waals surface area contributed by atoms with Crippen molar-refractivity contribution in [1.82, 2.24) is 40.1 Å². The molecule has 4 unspecified atom stereocenters. The predicted molar refractivity (Wildman–Crippen MR) is 448 cm³/mol. The Labute approximate surface area is 629 Å². The summed E-state index contributed by atoms with van der Waals surface area (Å²) in [5, 5.41) is 16.4. The summed E-state index contributed by atoms with van der Waals surface area (Å²) in [6.07, 6.45) is 26.2. The van der Waals surface area contributed by atoms with Gasteiger partial charge in [-0.15, -0.1) is 0 Å². The number of hydrogen-bond donors (Lipinski definition) is 4. The van der Waals surface area contributed by atoms with Gasteiger partial charge in [-0.3, -0.25) is 0 Å². The topological polar surface area (TPSA) is 66.0 Å². The predicted octanol–water partition coefficient (Wildman–Crippen LogP) is 21.6. The number of unbranched alkanes of at least 4 members (excludes halogenated alkanes) is 8. The van der Waals surface area contributed by atoms with Gasteiger partial charge in [-0.2, -0.15) is 0 Å². The number of aryl methyl sites for hydroxylation is 2. The number of benzene rings is 4. The number of hydrogen-bond acceptors (Lipinski definition) is 10. The number of aromatic nitrogens is 1. The molecule has 0 aliphatic carbocycles. The van der Waals surface area contributed by atoms with E-state index >= 15 is 0 Å². The number of rotatable bonds is 47. The van der Waals surface area contributed by atoms with E-state index in [1.54, 1.807) is 23.5 Å². The fraction of sp³-hybridized carbons (Fsp3) is 0.495. The normalized spacial score (nSPS) is 14.4. The van der Waals surface area contributed by atoms with Crippen molar-refractivity contribution in [3.8, 4) is 5.69 Å². The van der Waals surface area contributed by atoms with Crippen LogP contribution in [0, 0.1) is 23.7 Å². The summed E-state index contributed by atoms with van der Waals surface area (Å²) in [5.41, 5.74) is 15.6. The van der Waals surface area contributed by atoms with E-state index in [1.165, 1.54) is 135 Å². The first-order valence-corrected chi connectivity index (χ1v) is 40.8. The molecule has 2 fully saturated rings. The van der Waals surface area contributed by atoms with Crippen LogP contribution in [0.3, 0.4) is 0 Å². The number of allylic oxidation sites excluding steroid dienone is 2. The Bertz CT molecular complexity index is 3490. The van der Waals surface area contributed by atoms with E-state index in [0.717, 1.165) is 142 Å². The minimum atomic E-state index is 0.0720. The van der Waals surface area contributed by atoms with Gasteiger partial charge in [-0.1, -0.05) is 257 Å². The van der Waals surface area contributed by atoms with Gasteiger partial charge in [0.25, 0.3) is 0 Å². The van der Waals surface area contributed by atoms with Crippen LogP contribution in [0.15, 0.2) is 203 Å². The summed E-state index contributed by atoms with van der Waals surface area (Å²) in [5.74, 6) is 1.94. The van der Waals surface area contributed by atoms with E-state index in [4.69, 9.17) is 13.2 Å². The van der Waals surface area contributed by atoms with E-state index in [2.05, 4.69) is 265 Å². The zero-order valence-electron chi connectivity index (χ0n) is 65.2. The largest absolute Gasteiger partial charge is 0.382 e. The lowest BCUT2D eigenvalue weighted by Crippen LogP contribution is -2.45. The molecule has 554 valence electrons. The molecule has 4 N–H and O–H groups in total. The van der Waals surface area contributed by atoms with Crippen LogP contribution in [0.1, 0.15) is 206 Å². The number of likely N-dealkylation sites (N-methyl/N-ethyl adjacent to an activating group) is 2. The molecule has 11 heteroatoms. The maximum absolute atomic E-state index is 4.74. The van der Waals surface area contributed by atoms with Crippen molar-refractivity contribution in [3.05, 3.63) is 217 Å². The van der Waals surface area contributed by atoms with E-state index in [0.29, 0.717) is 42.8 Å². The molecular weight excluding hydrogens is 1280 g/mol. The summed E-state index contributed by atoms with van der Waals surface area (Å²) >= 11 is 3.57. The highest BCUT2D eigenvalue weighted by molar-refractivity contribution is 8.02. The maximum Gasteiger partial charge on any atom is 0.0698 e. The van der Waals surface area contributed by atoms with E-state index < -0.39 is 0 Å². The van der Waals surface area contributed by atoms with Crippen LogP contribution in [0.4, 0.5) is 5.69 Å². The molecule has 102 heavy (non-hydrogen) atoms. The molecule has 5 aromatic rings. The molecule has 4 aromatic carbocycles. The number of piperidine rings is 2. The van der Waals surface area contributed by atoms with Crippen LogP contribution in [-0.4, -0.2) is 95.7 Å². The lowest BCUT2D eigenvalue weighted by molar-refractivity contribution is 0.143. The third-order valence-corrected chi connectivity index (χ3v) is 24.2. The van der Waals surface area contributed by atoms with Gasteiger partial charge >= 0.3 is 0 Å². The highest BCUT2D eigenvalue weighted by atomic mass is 32.2. The van der Waals surface area contributed by atoms with E-state index in [-0.39, 0.29) is 12.1 Å². The molecule has 2 saturated heterocycles. The smallest absolute Gasteiger partial charge is 0.0698 e. The van der Waals surface area contributed by atoms with Gasteiger partial charge in [0.15, 0.2) is 0 Å². The van der Waals surface area contributed by atoms with E-state index in [1.807, 2.05) is 0 Å². The van der Waals surface area contributed by atoms with Crippen molar-refractivity contribution in [2.45, 2.75) is 234 Å². The molecule has 4 atom stereocenters. The zero-order chi connectivity index (χ0) is 73.8. The molecule has 0 bridgehead atoms. The van der Waals surface area contributed by atoms with Crippen LogP contribution in [-0.2, 0) is 12.8 Å². The molecule has 9 nitrogen and oxygen atoms in total. The molecule has 2 aliphatic rings. The monoisotopic (exact) mass is 1420 g/mol. The first-order chi connectivity index (χ1) is 49.0. The third kappa shape index (κ3) is 24.3.